The van der Waals surface area contributed by atoms with Crippen molar-refractivity contribution in [3.05, 3.63) is 70.2 Å². The molecule has 1 saturated heterocycles. The normalized spacial score (nSPS) is 17.5. The predicted molar refractivity (Wildman–Crippen MR) is 104 cm³/mol. The minimum Gasteiger partial charge on any atom is -0.335 e. The molecule has 2 atom stereocenters. The summed E-state index contributed by atoms with van der Waals surface area (Å²) in [5.74, 6) is -1.33. The van der Waals surface area contributed by atoms with Gasteiger partial charge in [-0.2, -0.15) is 0 Å². The fourth-order valence-electron chi connectivity index (χ4n) is 3.09. The summed E-state index contributed by atoms with van der Waals surface area (Å²) in [6.07, 6.45) is 0.136. The first-order chi connectivity index (χ1) is 13.0. The van der Waals surface area contributed by atoms with Crippen molar-refractivity contribution in [3.8, 4) is 0 Å². The van der Waals surface area contributed by atoms with Crippen LogP contribution in [0.1, 0.15) is 35.3 Å². The molecule has 6 nitrogen and oxygen atoms in total. The molecule has 1 heterocycles. The van der Waals surface area contributed by atoms with Crippen molar-refractivity contribution in [2.24, 2.45) is 5.92 Å². The number of hydrogen-bond acceptors (Lipinski definition) is 3. The lowest BCUT2D eigenvalue weighted by atomic mass is 10.1. The molecule has 7 heteroatoms. The Morgan fingerprint density at radius 3 is 2.41 bits per heavy atom. The van der Waals surface area contributed by atoms with Crippen molar-refractivity contribution in [3.63, 3.8) is 0 Å². The summed E-state index contributed by atoms with van der Waals surface area (Å²) in [6, 6.07) is 16.4. The van der Waals surface area contributed by atoms with Crippen LogP contribution in [0.5, 0.6) is 0 Å². The van der Waals surface area contributed by atoms with Crippen molar-refractivity contribution in [1.82, 2.24) is 15.8 Å². The fraction of sp³-hybridized carbons (Fsp3) is 0.250. The standard InChI is InChI=1S/C20H20BrN3O3/c1-13(14-5-3-2-4-6-14)24-12-16(11-18(24)25)20(27)23-22-19(26)15-7-9-17(21)10-8-15/h2-10,13,16H,11-12H2,1H3,(H,22,26)(H,23,27). The van der Waals surface area contributed by atoms with Gasteiger partial charge in [-0.05, 0) is 36.8 Å². The number of rotatable bonds is 4. The Balaban J connectivity index is 1.56. The minimum absolute atomic E-state index is 0.0641. The maximum atomic E-state index is 12.4. The summed E-state index contributed by atoms with van der Waals surface area (Å²) in [7, 11) is 0. The number of halogens is 1. The number of benzene rings is 2. The Morgan fingerprint density at radius 2 is 1.74 bits per heavy atom. The predicted octanol–water partition coefficient (Wildman–Crippen LogP) is 2.82. The summed E-state index contributed by atoms with van der Waals surface area (Å²) in [4.78, 5) is 38.5. The van der Waals surface area contributed by atoms with Crippen molar-refractivity contribution >= 4 is 33.7 Å². The van der Waals surface area contributed by atoms with Crippen molar-refractivity contribution in [1.29, 1.82) is 0 Å². The van der Waals surface area contributed by atoms with Crippen LogP contribution in [0.25, 0.3) is 0 Å². The minimum atomic E-state index is -0.492. The van der Waals surface area contributed by atoms with Crippen molar-refractivity contribution in [2.45, 2.75) is 19.4 Å². The van der Waals surface area contributed by atoms with Gasteiger partial charge < -0.3 is 4.90 Å². The quantitative estimate of drug-likeness (QED) is 0.733. The van der Waals surface area contributed by atoms with Gasteiger partial charge in [0.25, 0.3) is 5.91 Å². The third-order valence-corrected chi connectivity index (χ3v) is 5.21. The smallest absolute Gasteiger partial charge is 0.269 e. The fourth-order valence-corrected chi connectivity index (χ4v) is 3.35. The van der Waals surface area contributed by atoms with E-state index in [2.05, 4.69) is 26.8 Å². The van der Waals surface area contributed by atoms with Gasteiger partial charge in [0.1, 0.15) is 0 Å². The van der Waals surface area contributed by atoms with Crippen LogP contribution in [0, 0.1) is 5.92 Å². The number of nitrogens with one attached hydrogen (secondary N) is 2. The Labute approximate surface area is 166 Å². The molecule has 2 N–H and O–H groups in total. The molecule has 3 rings (SSSR count). The Hall–Kier alpha value is -2.67. The van der Waals surface area contributed by atoms with Gasteiger partial charge in [-0.15, -0.1) is 0 Å². The number of nitrogens with zero attached hydrogens (tertiary/aromatic N) is 1. The van der Waals surface area contributed by atoms with Crippen LogP contribution in [0.3, 0.4) is 0 Å². The lowest BCUT2D eigenvalue weighted by Gasteiger charge is -2.25. The molecule has 0 aliphatic carbocycles. The molecule has 0 radical (unpaired) electrons. The van der Waals surface area contributed by atoms with Gasteiger partial charge >= 0.3 is 0 Å². The van der Waals surface area contributed by atoms with Gasteiger partial charge in [0.05, 0.1) is 12.0 Å². The first-order valence-electron chi connectivity index (χ1n) is 8.66. The highest BCUT2D eigenvalue weighted by atomic mass is 79.9. The topological polar surface area (TPSA) is 78.5 Å². The highest BCUT2D eigenvalue weighted by Crippen LogP contribution is 2.28. The summed E-state index contributed by atoms with van der Waals surface area (Å²) in [5, 5.41) is 0. The second-order valence-corrected chi connectivity index (χ2v) is 7.40. The molecule has 27 heavy (non-hydrogen) atoms. The van der Waals surface area contributed by atoms with E-state index in [-0.39, 0.29) is 24.3 Å². The summed E-state index contributed by atoms with van der Waals surface area (Å²) in [6.45, 7) is 2.28. The average Bonchev–Trinajstić information content (AvgIpc) is 3.08. The highest BCUT2D eigenvalue weighted by Gasteiger charge is 2.37. The number of hydrogen-bond donors (Lipinski definition) is 2. The van der Waals surface area contributed by atoms with E-state index in [0.29, 0.717) is 12.1 Å². The Bertz CT molecular complexity index is 839. The zero-order valence-corrected chi connectivity index (χ0v) is 16.4. The Kier molecular flexibility index (Phi) is 5.91. The lowest BCUT2D eigenvalue weighted by molar-refractivity contribution is -0.130. The molecule has 2 aromatic rings. The van der Waals surface area contributed by atoms with Gasteiger partial charge in [0, 0.05) is 23.0 Å². The van der Waals surface area contributed by atoms with Crippen LogP contribution in [0.15, 0.2) is 59.1 Å². The van der Waals surface area contributed by atoms with Gasteiger partial charge in [-0.1, -0.05) is 46.3 Å². The van der Waals surface area contributed by atoms with Crippen LogP contribution >= 0.6 is 15.9 Å². The van der Waals surface area contributed by atoms with E-state index in [1.165, 1.54) is 0 Å². The van der Waals surface area contributed by atoms with E-state index in [0.717, 1.165) is 10.0 Å². The SMILES string of the molecule is CC(c1ccccc1)N1CC(C(=O)NNC(=O)c2ccc(Br)cc2)CC1=O. The van der Waals surface area contributed by atoms with E-state index in [4.69, 9.17) is 0 Å². The van der Waals surface area contributed by atoms with E-state index >= 15 is 0 Å². The molecule has 2 aromatic carbocycles. The van der Waals surface area contributed by atoms with Crippen LogP contribution in [-0.4, -0.2) is 29.2 Å². The van der Waals surface area contributed by atoms with Crippen molar-refractivity contribution in [2.75, 3.05) is 6.54 Å². The van der Waals surface area contributed by atoms with Gasteiger partial charge in [0.15, 0.2) is 0 Å². The number of carbonyl (C=O) groups excluding carboxylic acids is 3. The molecule has 2 unspecified atom stereocenters. The van der Waals surface area contributed by atoms with E-state index in [1.807, 2.05) is 37.3 Å². The lowest BCUT2D eigenvalue weighted by Crippen LogP contribution is -2.45. The molecule has 140 valence electrons. The van der Waals surface area contributed by atoms with E-state index < -0.39 is 11.8 Å². The second kappa shape index (κ2) is 8.35. The molecule has 3 amide bonds. The van der Waals surface area contributed by atoms with Crippen LogP contribution < -0.4 is 10.9 Å². The molecule has 1 aliphatic rings. The summed E-state index contributed by atoms with van der Waals surface area (Å²) in [5.41, 5.74) is 6.28. The maximum Gasteiger partial charge on any atom is 0.269 e. The molecule has 0 spiro atoms. The number of amides is 3. The number of likely N-dealkylation sites (tertiary alicyclic amines) is 1. The summed E-state index contributed by atoms with van der Waals surface area (Å²) >= 11 is 3.30. The molecular formula is C20H20BrN3O3. The zero-order chi connectivity index (χ0) is 19.4. The molecule has 1 aliphatic heterocycles. The first kappa shape index (κ1) is 19.1. The molecule has 0 aromatic heterocycles. The zero-order valence-electron chi connectivity index (χ0n) is 14.8. The van der Waals surface area contributed by atoms with Gasteiger partial charge in [-0.3, -0.25) is 25.2 Å². The van der Waals surface area contributed by atoms with Crippen molar-refractivity contribution < 1.29 is 14.4 Å². The van der Waals surface area contributed by atoms with Crippen LogP contribution in [0.2, 0.25) is 0 Å². The molecule has 1 fully saturated rings. The van der Waals surface area contributed by atoms with Gasteiger partial charge in [0.2, 0.25) is 11.8 Å². The largest absolute Gasteiger partial charge is 0.335 e. The molecule has 0 saturated carbocycles. The maximum absolute atomic E-state index is 12.4. The molecule has 0 bridgehead atoms. The monoisotopic (exact) mass is 429 g/mol. The molecular weight excluding hydrogens is 410 g/mol. The number of hydrazine groups is 1. The van der Waals surface area contributed by atoms with E-state index in [9.17, 15) is 14.4 Å². The Morgan fingerprint density at radius 1 is 1.07 bits per heavy atom. The second-order valence-electron chi connectivity index (χ2n) is 6.48. The average molecular weight is 430 g/mol. The van der Waals surface area contributed by atoms with Crippen LogP contribution in [0.4, 0.5) is 0 Å². The first-order valence-corrected chi connectivity index (χ1v) is 9.45. The van der Waals surface area contributed by atoms with Gasteiger partial charge in [-0.25, -0.2) is 0 Å². The summed E-state index contributed by atoms with van der Waals surface area (Å²) < 4.78 is 0.861. The highest BCUT2D eigenvalue weighted by molar-refractivity contribution is 9.10. The third-order valence-electron chi connectivity index (χ3n) is 4.68. The number of carbonyl (C=O) groups is 3. The van der Waals surface area contributed by atoms with E-state index in [1.54, 1.807) is 29.2 Å². The van der Waals surface area contributed by atoms with Crippen LogP contribution in [-0.2, 0) is 9.59 Å². The third kappa shape index (κ3) is 4.54.